The molecule has 0 spiro atoms. The molecule has 0 saturated heterocycles. The summed E-state index contributed by atoms with van der Waals surface area (Å²) in [4.78, 5) is 11.8. The van der Waals surface area contributed by atoms with Crippen molar-refractivity contribution in [1.29, 1.82) is 0 Å². The van der Waals surface area contributed by atoms with Crippen molar-refractivity contribution in [2.24, 2.45) is 5.41 Å². The second kappa shape index (κ2) is 6.46. The molecule has 3 N–H and O–H groups in total. The molecule has 0 aliphatic heterocycles. The number of carbonyl (C=O) groups excluding carboxylic acids is 1. The number of carbonyl (C=O) groups is 1. The molecule has 1 aromatic rings. The van der Waals surface area contributed by atoms with Crippen LogP contribution in [-0.4, -0.2) is 30.9 Å². The molecule has 2 rings (SSSR count). The van der Waals surface area contributed by atoms with E-state index < -0.39 is 11.8 Å². The second-order valence-corrected chi connectivity index (χ2v) is 5.10. The summed E-state index contributed by atoms with van der Waals surface area (Å²) in [5.41, 5.74) is 0.0128. The fourth-order valence-corrected chi connectivity index (χ4v) is 1.85. The molecule has 1 aromatic carbocycles. The Bertz CT molecular complexity index is 565. The minimum absolute atomic E-state index is 0.0234. The van der Waals surface area contributed by atoms with Gasteiger partial charge in [0.25, 0.3) is 0 Å². The van der Waals surface area contributed by atoms with E-state index >= 15 is 0 Å². The van der Waals surface area contributed by atoms with Crippen LogP contribution in [0.25, 0.3) is 0 Å². The summed E-state index contributed by atoms with van der Waals surface area (Å²) in [6, 6.07) is 3.30. The first-order valence-electron chi connectivity index (χ1n) is 6.60. The number of aliphatic hydroxyl groups excluding tert-OH is 1. The van der Waals surface area contributed by atoms with E-state index in [0.29, 0.717) is 12.3 Å². The smallest absolute Gasteiger partial charge is 0.319 e. The van der Waals surface area contributed by atoms with Gasteiger partial charge in [0.1, 0.15) is 18.2 Å². The van der Waals surface area contributed by atoms with Gasteiger partial charge in [-0.1, -0.05) is 5.92 Å². The van der Waals surface area contributed by atoms with Crippen LogP contribution < -0.4 is 15.4 Å². The Labute approximate surface area is 122 Å². The lowest BCUT2D eigenvalue weighted by atomic mass is 10.1. The molecule has 0 atom stereocenters. The van der Waals surface area contributed by atoms with E-state index in [2.05, 4.69) is 16.6 Å². The zero-order valence-corrected chi connectivity index (χ0v) is 11.5. The molecule has 0 bridgehead atoms. The van der Waals surface area contributed by atoms with E-state index in [-0.39, 0.29) is 24.3 Å². The molecular formula is C15H17FN2O3. The number of terminal acetylenes is 1. The number of ether oxygens (including phenoxy) is 1. The standard InChI is InChI=1S/C15H17FN2O3/c1-2-7-21-13-4-3-11(16)8-12(13)18-14(20)17-9-15(10-19)5-6-15/h1,3-4,8,19H,5-7,9-10H2,(H2,17,18,20). The number of nitrogens with one attached hydrogen (secondary N) is 2. The molecule has 0 radical (unpaired) electrons. The topological polar surface area (TPSA) is 70.6 Å². The van der Waals surface area contributed by atoms with Gasteiger partial charge in [-0.2, -0.15) is 0 Å². The van der Waals surface area contributed by atoms with Gasteiger partial charge in [-0.25, -0.2) is 9.18 Å². The zero-order valence-electron chi connectivity index (χ0n) is 11.5. The van der Waals surface area contributed by atoms with Gasteiger partial charge < -0.3 is 20.5 Å². The molecule has 0 aromatic heterocycles. The molecule has 0 unspecified atom stereocenters. The number of benzene rings is 1. The summed E-state index contributed by atoms with van der Waals surface area (Å²) in [5, 5.41) is 14.4. The van der Waals surface area contributed by atoms with Crippen LogP contribution in [0.4, 0.5) is 14.9 Å². The Balaban J connectivity index is 1.95. The zero-order chi connectivity index (χ0) is 15.3. The number of halogens is 1. The Morgan fingerprint density at radius 2 is 2.29 bits per heavy atom. The number of rotatable bonds is 6. The highest BCUT2D eigenvalue weighted by Crippen LogP contribution is 2.44. The number of hydrogen-bond acceptors (Lipinski definition) is 3. The minimum atomic E-state index is -0.493. The number of urea groups is 1. The van der Waals surface area contributed by atoms with E-state index in [9.17, 15) is 14.3 Å². The van der Waals surface area contributed by atoms with Crippen LogP contribution in [0, 0.1) is 23.6 Å². The highest BCUT2D eigenvalue weighted by atomic mass is 19.1. The Morgan fingerprint density at radius 3 is 2.90 bits per heavy atom. The summed E-state index contributed by atoms with van der Waals surface area (Å²) in [6.45, 7) is 0.449. The molecular weight excluding hydrogens is 275 g/mol. The maximum atomic E-state index is 13.3. The third kappa shape index (κ3) is 4.10. The van der Waals surface area contributed by atoms with Gasteiger partial charge in [0, 0.05) is 18.0 Å². The Hall–Kier alpha value is -2.26. The normalized spacial score (nSPS) is 14.9. The highest BCUT2D eigenvalue weighted by Gasteiger charge is 2.42. The lowest BCUT2D eigenvalue weighted by Crippen LogP contribution is -2.35. The SMILES string of the molecule is C#CCOc1ccc(F)cc1NC(=O)NCC1(CO)CC1. The van der Waals surface area contributed by atoms with Crippen LogP contribution in [0.1, 0.15) is 12.8 Å². The second-order valence-electron chi connectivity index (χ2n) is 5.10. The monoisotopic (exact) mass is 292 g/mol. The van der Waals surface area contributed by atoms with E-state index in [1.54, 1.807) is 0 Å². The predicted octanol–water partition coefficient (Wildman–Crippen LogP) is 1.73. The Morgan fingerprint density at radius 1 is 1.52 bits per heavy atom. The van der Waals surface area contributed by atoms with Crippen molar-refractivity contribution in [3.8, 4) is 18.1 Å². The first kappa shape index (κ1) is 15.1. The van der Waals surface area contributed by atoms with Crippen molar-refractivity contribution in [2.75, 3.05) is 25.1 Å². The van der Waals surface area contributed by atoms with Crippen molar-refractivity contribution in [2.45, 2.75) is 12.8 Å². The molecule has 1 saturated carbocycles. The molecule has 1 fully saturated rings. The van der Waals surface area contributed by atoms with E-state index in [4.69, 9.17) is 11.2 Å². The van der Waals surface area contributed by atoms with Gasteiger partial charge in [-0.05, 0) is 25.0 Å². The molecule has 2 amide bonds. The first-order chi connectivity index (χ1) is 10.1. The predicted molar refractivity (Wildman–Crippen MR) is 76.5 cm³/mol. The van der Waals surface area contributed by atoms with Crippen LogP contribution in [0.5, 0.6) is 5.75 Å². The van der Waals surface area contributed by atoms with Crippen molar-refractivity contribution in [3.05, 3.63) is 24.0 Å². The maximum absolute atomic E-state index is 13.3. The number of amides is 2. The van der Waals surface area contributed by atoms with Gasteiger partial charge >= 0.3 is 6.03 Å². The lowest BCUT2D eigenvalue weighted by Gasteiger charge is -2.15. The van der Waals surface area contributed by atoms with Gasteiger partial charge in [-0.3, -0.25) is 0 Å². The van der Waals surface area contributed by atoms with Crippen LogP contribution in [-0.2, 0) is 0 Å². The molecule has 5 nitrogen and oxygen atoms in total. The van der Waals surface area contributed by atoms with Crippen molar-refractivity contribution in [3.63, 3.8) is 0 Å². The molecule has 1 aliphatic carbocycles. The molecule has 21 heavy (non-hydrogen) atoms. The molecule has 1 aliphatic rings. The lowest BCUT2D eigenvalue weighted by molar-refractivity contribution is 0.206. The summed E-state index contributed by atoms with van der Waals surface area (Å²) in [5.74, 6) is 2.11. The molecule has 0 heterocycles. The molecule has 6 heteroatoms. The quantitative estimate of drug-likeness (QED) is 0.699. The van der Waals surface area contributed by atoms with Gasteiger partial charge in [-0.15, -0.1) is 6.42 Å². The van der Waals surface area contributed by atoms with Crippen molar-refractivity contribution < 1.29 is 19.0 Å². The third-order valence-corrected chi connectivity index (χ3v) is 3.42. The third-order valence-electron chi connectivity index (χ3n) is 3.42. The van der Waals surface area contributed by atoms with Gasteiger partial charge in [0.15, 0.2) is 0 Å². The minimum Gasteiger partial charge on any atom is -0.479 e. The fraction of sp³-hybridized carbons (Fsp3) is 0.400. The largest absolute Gasteiger partial charge is 0.479 e. The average Bonchev–Trinajstić information content (AvgIpc) is 3.25. The molecule has 112 valence electrons. The highest BCUT2D eigenvalue weighted by molar-refractivity contribution is 5.90. The van der Waals surface area contributed by atoms with Crippen LogP contribution in [0.2, 0.25) is 0 Å². The fourth-order valence-electron chi connectivity index (χ4n) is 1.85. The number of aliphatic hydroxyl groups is 1. The summed E-state index contributed by atoms with van der Waals surface area (Å²) in [6.07, 6.45) is 6.88. The summed E-state index contributed by atoms with van der Waals surface area (Å²) >= 11 is 0. The van der Waals surface area contributed by atoms with Gasteiger partial charge in [0.05, 0.1) is 12.3 Å². The van der Waals surface area contributed by atoms with Crippen LogP contribution >= 0.6 is 0 Å². The van der Waals surface area contributed by atoms with Gasteiger partial charge in [0.2, 0.25) is 0 Å². The average molecular weight is 292 g/mol. The Kier molecular flexibility index (Phi) is 4.66. The van der Waals surface area contributed by atoms with E-state index in [1.165, 1.54) is 12.1 Å². The first-order valence-corrected chi connectivity index (χ1v) is 6.60. The van der Waals surface area contributed by atoms with Crippen LogP contribution in [0.3, 0.4) is 0 Å². The van der Waals surface area contributed by atoms with Crippen LogP contribution in [0.15, 0.2) is 18.2 Å². The van der Waals surface area contributed by atoms with Crippen molar-refractivity contribution >= 4 is 11.7 Å². The van der Waals surface area contributed by atoms with Crippen molar-refractivity contribution in [1.82, 2.24) is 5.32 Å². The number of anilines is 1. The van der Waals surface area contributed by atoms with E-state index in [0.717, 1.165) is 18.9 Å². The van der Waals surface area contributed by atoms with E-state index in [1.807, 2.05) is 0 Å². The summed E-state index contributed by atoms with van der Waals surface area (Å²) in [7, 11) is 0. The number of hydrogen-bond donors (Lipinski definition) is 3. The summed E-state index contributed by atoms with van der Waals surface area (Å²) < 4.78 is 18.5. The maximum Gasteiger partial charge on any atom is 0.319 e.